The van der Waals surface area contributed by atoms with E-state index in [1.54, 1.807) is 11.8 Å². The third-order valence-corrected chi connectivity index (χ3v) is 4.46. The van der Waals surface area contributed by atoms with Crippen LogP contribution < -0.4 is 5.32 Å². The van der Waals surface area contributed by atoms with E-state index in [2.05, 4.69) is 5.32 Å². The van der Waals surface area contributed by atoms with Crippen LogP contribution in [0, 0.1) is 11.8 Å². The molecule has 1 saturated carbocycles. The molecule has 20 heavy (non-hydrogen) atoms. The minimum absolute atomic E-state index is 0.0236. The minimum atomic E-state index is -0.420. The Labute approximate surface area is 119 Å². The van der Waals surface area contributed by atoms with Gasteiger partial charge in [-0.25, -0.2) is 0 Å². The molecule has 1 aromatic carbocycles. The molecule has 3 rings (SSSR count). The van der Waals surface area contributed by atoms with Crippen LogP contribution in [0.1, 0.15) is 32.3 Å². The summed E-state index contributed by atoms with van der Waals surface area (Å²) in [7, 11) is 0. The molecule has 0 spiro atoms. The van der Waals surface area contributed by atoms with Gasteiger partial charge in [-0.05, 0) is 37.3 Å². The third kappa shape index (κ3) is 2.30. The van der Waals surface area contributed by atoms with Crippen LogP contribution >= 0.6 is 0 Å². The number of carbonyl (C=O) groups is 2. The van der Waals surface area contributed by atoms with E-state index in [0.717, 1.165) is 24.1 Å². The van der Waals surface area contributed by atoms with Gasteiger partial charge in [0, 0.05) is 18.2 Å². The van der Waals surface area contributed by atoms with Crippen molar-refractivity contribution < 1.29 is 9.59 Å². The highest BCUT2D eigenvalue weighted by molar-refractivity contribution is 5.98. The molecule has 4 heteroatoms. The second kappa shape index (κ2) is 4.93. The van der Waals surface area contributed by atoms with Crippen molar-refractivity contribution in [1.82, 2.24) is 4.90 Å². The maximum absolute atomic E-state index is 12.6. The van der Waals surface area contributed by atoms with Crippen molar-refractivity contribution in [3.63, 3.8) is 0 Å². The highest BCUT2D eigenvalue weighted by Crippen LogP contribution is 2.38. The number of hydrogen-bond donors (Lipinski definition) is 1. The first-order valence-electron chi connectivity index (χ1n) is 7.27. The molecular formula is C16H20N2O2. The van der Waals surface area contributed by atoms with E-state index in [4.69, 9.17) is 0 Å². The molecule has 1 aliphatic heterocycles. The van der Waals surface area contributed by atoms with Crippen LogP contribution in [0.2, 0.25) is 0 Å². The van der Waals surface area contributed by atoms with Gasteiger partial charge in [0.25, 0.3) is 0 Å². The minimum Gasteiger partial charge on any atom is -0.326 e. The molecule has 2 amide bonds. The molecule has 2 aliphatic rings. The normalized spacial score (nSPS) is 23.6. The first-order chi connectivity index (χ1) is 9.58. The van der Waals surface area contributed by atoms with Crippen molar-refractivity contribution in [3.05, 3.63) is 29.8 Å². The molecular weight excluding hydrogens is 252 g/mol. The lowest BCUT2D eigenvalue weighted by Crippen LogP contribution is -2.45. The molecule has 0 aromatic heterocycles. The van der Waals surface area contributed by atoms with Crippen LogP contribution in [-0.2, 0) is 16.1 Å². The number of nitrogens with one attached hydrogen (secondary N) is 1. The second-order valence-electron chi connectivity index (χ2n) is 5.91. The number of amides is 2. The predicted molar refractivity (Wildman–Crippen MR) is 77.0 cm³/mol. The van der Waals surface area contributed by atoms with E-state index in [1.807, 2.05) is 31.2 Å². The van der Waals surface area contributed by atoms with E-state index in [0.29, 0.717) is 12.5 Å². The second-order valence-corrected chi connectivity index (χ2v) is 5.91. The topological polar surface area (TPSA) is 49.4 Å². The van der Waals surface area contributed by atoms with Crippen LogP contribution in [0.4, 0.5) is 5.69 Å². The van der Waals surface area contributed by atoms with Gasteiger partial charge in [0.2, 0.25) is 11.8 Å². The summed E-state index contributed by atoms with van der Waals surface area (Å²) in [5.41, 5.74) is 1.82. The standard InChI is InChI=1S/C16H20N2O2/c1-10(12-7-8-12)16(20)18-9-13-5-3-4-6-14(13)17-15(19)11(18)2/h3-6,10-12H,7-9H2,1-2H3,(H,17,19). The van der Waals surface area contributed by atoms with Crippen LogP contribution in [-0.4, -0.2) is 22.8 Å². The zero-order valence-corrected chi connectivity index (χ0v) is 11.9. The number of rotatable bonds is 2. The molecule has 1 aromatic rings. The zero-order chi connectivity index (χ0) is 14.3. The third-order valence-electron chi connectivity index (χ3n) is 4.46. The molecule has 2 unspecified atom stereocenters. The predicted octanol–water partition coefficient (Wildman–Crippen LogP) is 2.40. The fourth-order valence-electron chi connectivity index (χ4n) is 2.81. The van der Waals surface area contributed by atoms with E-state index >= 15 is 0 Å². The molecule has 0 bridgehead atoms. The van der Waals surface area contributed by atoms with Crippen molar-refractivity contribution in [1.29, 1.82) is 0 Å². The van der Waals surface area contributed by atoms with Crippen LogP contribution in [0.25, 0.3) is 0 Å². The maximum Gasteiger partial charge on any atom is 0.246 e. The number of hydrogen-bond acceptors (Lipinski definition) is 2. The largest absolute Gasteiger partial charge is 0.326 e. The van der Waals surface area contributed by atoms with Gasteiger partial charge < -0.3 is 10.2 Å². The Morgan fingerprint density at radius 3 is 2.75 bits per heavy atom. The average Bonchev–Trinajstić information content (AvgIpc) is 3.28. The number of nitrogens with zero attached hydrogens (tertiary/aromatic N) is 1. The summed E-state index contributed by atoms with van der Waals surface area (Å²) in [6, 6.07) is 7.27. The van der Waals surface area contributed by atoms with Gasteiger partial charge in [-0.15, -0.1) is 0 Å². The lowest BCUT2D eigenvalue weighted by molar-refractivity contribution is -0.142. The monoisotopic (exact) mass is 272 g/mol. The molecule has 2 atom stereocenters. The summed E-state index contributed by atoms with van der Waals surface area (Å²) in [6.07, 6.45) is 2.27. The van der Waals surface area contributed by atoms with Gasteiger partial charge in [0.1, 0.15) is 6.04 Å². The molecule has 1 heterocycles. The first kappa shape index (κ1) is 13.2. The van der Waals surface area contributed by atoms with E-state index < -0.39 is 6.04 Å². The van der Waals surface area contributed by atoms with Crippen molar-refractivity contribution in [2.45, 2.75) is 39.3 Å². The SMILES string of the molecule is CC(C(=O)N1Cc2ccccc2NC(=O)C1C)C1CC1. The Hall–Kier alpha value is -1.84. The Bertz CT molecular complexity index is 551. The zero-order valence-electron chi connectivity index (χ0n) is 11.9. The summed E-state index contributed by atoms with van der Waals surface area (Å²) in [6.45, 7) is 4.30. The lowest BCUT2D eigenvalue weighted by Gasteiger charge is -2.28. The fraction of sp³-hybridized carbons (Fsp3) is 0.500. The van der Waals surface area contributed by atoms with E-state index in [1.165, 1.54) is 0 Å². The molecule has 1 aliphatic carbocycles. The van der Waals surface area contributed by atoms with Crippen molar-refractivity contribution in [2.75, 3.05) is 5.32 Å². The Balaban J connectivity index is 1.89. The van der Waals surface area contributed by atoms with Gasteiger partial charge in [-0.2, -0.15) is 0 Å². The highest BCUT2D eigenvalue weighted by atomic mass is 16.2. The fourth-order valence-corrected chi connectivity index (χ4v) is 2.81. The molecule has 0 saturated heterocycles. The number of fused-ring (bicyclic) bond motifs is 1. The summed E-state index contributed by atoms with van der Waals surface area (Å²) in [5, 5.41) is 2.91. The van der Waals surface area contributed by atoms with Crippen molar-refractivity contribution >= 4 is 17.5 Å². The van der Waals surface area contributed by atoms with Gasteiger partial charge in [0.15, 0.2) is 0 Å². The summed E-state index contributed by atoms with van der Waals surface area (Å²) in [4.78, 5) is 26.6. The Morgan fingerprint density at radius 2 is 2.05 bits per heavy atom. The molecule has 1 N–H and O–H groups in total. The number of anilines is 1. The van der Waals surface area contributed by atoms with E-state index in [9.17, 15) is 9.59 Å². The first-order valence-corrected chi connectivity index (χ1v) is 7.27. The van der Waals surface area contributed by atoms with E-state index in [-0.39, 0.29) is 17.7 Å². The average molecular weight is 272 g/mol. The lowest BCUT2D eigenvalue weighted by atomic mass is 10.0. The number of para-hydroxylation sites is 1. The van der Waals surface area contributed by atoms with Crippen molar-refractivity contribution in [3.8, 4) is 0 Å². The summed E-state index contributed by atoms with van der Waals surface area (Å²) < 4.78 is 0. The molecule has 4 nitrogen and oxygen atoms in total. The van der Waals surface area contributed by atoms with Crippen molar-refractivity contribution in [2.24, 2.45) is 11.8 Å². The quantitative estimate of drug-likeness (QED) is 0.898. The maximum atomic E-state index is 12.6. The highest BCUT2D eigenvalue weighted by Gasteiger charge is 2.38. The van der Waals surface area contributed by atoms with Gasteiger partial charge in [-0.1, -0.05) is 25.1 Å². The van der Waals surface area contributed by atoms with Crippen LogP contribution in [0.5, 0.6) is 0 Å². The molecule has 1 fully saturated rings. The number of carbonyl (C=O) groups excluding carboxylic acids is 2. The van der Waals surface area contributed by atoms with Crippen LogP contribution in [0.15, 0.2) is 24.3 Å². The van der Waals surface area contributed by atoms with Gasteiger partial charge >= 0.3 is 0 Å². The van der Waals surface area contributed by atoms with Gasteiger partial charge in [-0.3, -0.25) is 9.59 Å². The summed E-state index contributed by atoms with van der Waals surface area (Å²) >= 11 is 0. The smallest absolute Gasteiger partial charge is 0.246 e. The Kier molecular flexibility index (Phi) is 3.24. The Morgan fingerprint density at radius 1 is 1.35 bits per heavy atom. The number of benzene rings is 1. The molecule has 106 valence electrons. The summed E-state index contributed by atoms with van der Waals surface area (Å²) in [5.74, 6) is 0.532. The van der Waals surface area contributed by atoms with Gasteiger partial charge in [0.05, 0.1) is 0 Å². The van der Waals surface area contributed by atoms with Crippen LogP contribution in [0.3, 0.4) is 0 Å². The molecule has 0 radical (unpaired) electrons.